The number of hydrogen-bond acceptors (Lipinski definition) is 2. The Morgan fingerprint density at radius 3 is 2.13 bits per heavy atom. The third kappa shape index (κ3) is 5.37. The van der Waals surface area contributed by atoms with E-state index in [1.807, 2.05) is 24.3 Å². The van der Waals surface area contributed by atoms with Crippen molar-refractivity contribution in [2.45, 2.75) is 38.8 Å². The van der Waals surface area contributed by atoms with E-state index < -0.39 is 0 Å². The molecule has 3 heteroatoms. The average Bonchev–Trinajstić information content (AvgIpc) is 3.31. The first-order valence-corrected chi connectivity index (χ1v) is 11.0. The van der Waals surface area contributed by atoms with E-state index in [0.717, 1.165) is 30.5 Å². The first-order valence-electron chi connectivity index (χ1n) is 11.0. The van der Waals surface area contributed by atoms with E-state index in [4.69, 9.17) is 0 Å². The van der Waals surface area contributed by atoms with Crippen LogP contribution in [0.5, 0.6) is 0 Å². The van der Waals surface area contributed by atoms with Gasteiger partial charge in [0.25, 0.3) is 5.91 Å². The zero-order valence-corrected chi connectivity index (χ0v) is 17.5. The van der Waals surface area contributed by atoms with Gasteiger partial charge in [-0.3, -0.25) is 9.69 Å². The van der Waals surface area contributed by atoms with Gasteiger partial charge in [0.1, 0.15) is 0 Å². The van der Waals surface area contributed by atoms with Crippen LogP contribution in [0.4, 0.5) is 0 Å². The number of nitrogens with zero attached hydrogens (tertiary/aromatic N) is 1. The van der Waals surface area contributed by atoms with Gasteiger partial charge in [-0.25, -0.2) is 0 Å². The number of amides is 1. The zero-order chi connectivity index (χ0) is 20.6. The molecule has 1 amide bonds. The van der Waals surface area contributed by atoms with Gasteiger partial charge in [-0.2, -0.15) is 0 Å². The fourth-order valence-corrected chi connectivity index (χ4v) is 4.22. The molecule has 0 radical (unpaired) electrons. The highest BCUT2D eigenvalue weighted by Crippen LogP contribution is 2.17. The quantitative estimate of drug-likeness (QED) is 0.579. The largest absolute Gasteiger partial charge is 0.348 e. The molecule has 1 saturated heterocycles. The molecule has 154 valence electrons. The standard InChI is InChI=1S/C27H30N2O/c30-27(26-15-7-6-12-23(26)17-16-22-10-2-1-3-11-22)28-20-24-13-4-5-14-25(24)21-29-18-8-9-19-29/h1-7,10-15H,8-9,16-21H2,(H,28,30). The number of carbonyl (C=O) groups excluding carboxylic acids is 1. The zero-order valence-electron chi connectivity index (χ0n) is 17.5. The lowest BCUT2D eigenvalue weighted by atomic mass is 9.99. The Labute approximate surface area is 179 Å². The van der Waals surface area contributed by atoms with E-state index >= 15 is 0 Å². The first kappa shape index (κ1) is 20.4. The topological polar surface area (TPSA) is 32.3 Å². The number of benzene rings is 3. The van der Waals surface area contributed by atoms with Gasteiger partial charge in [0.15, 0.2) is 0 Å². The van der Waals surface area contributed by atoms with Crippen LogP contribution in [0.25, 0.3) is 0 Å². The van der Waals surface area contributed by atoms with Crippen molar-refractivity contribution >= 4 is 5.91 Å². The average molecular weight is 399 g/mol. The Balaban J connectivity index is 1.40. The minimum Gasteiger partial charge on any atom is -0.348 e. The Morgan fingerprint density at radius 2 is 1.37 bits per heavy atom. The maximum Gasteiger partial charge on any atom is 0.251 e. The van der Waals surface area contributed by atoms with Crippen LogP contribution in [0, 0.1) is 0 Å². The van der Waals surface area contributed by atoms with Crippen molar-refractivity contribution in [1.29, 1.82) is 0 Å². The molecule has 0 aromatic heterocycles. The van der Waals surface area contributed by atoms with Crippen LogP contribution >= 0.6 is 0 Å². The lowest BCUT2D eigenvalue weighted by molar-refractivity contribution is 0.0950. The summed E-state index contributed by atoms with van der Waals surface area (Å²) in [5, 5.41) is 3.16. The second kappa shape index (κ2) is 10.2. The molecule has 0 atom stereocenters. The minimum absolute atomic E-state index is 0.00892. The first-order chi connectivity index (χ1) is 14.8. The molecule has 1 heterocycles. The Kier molecular flexibility index (Phi) is 6.94. The highest BCUT2D eigenvalue weighted by molar-refractivity contribution is 5.95. The van der Waals surface area contributed by atoms with Crippen molar-refractivity contribution in [1.82, 2.24) is 10.2 Å². The molecular formula is C27H30N2O. The third-order valence-electron chi connectivity index (χ3n) is 5.94. The maximum absolute atomic E-state index is 13.0. The van der Waals surface area contributed by atoms with Gasteiger partial charge in [-0.15, -0.1) is 0 Å². The second-order valence-corrected chi connectivity index (χ2v) is 8.08. The summed E-state index contributed by atoms with van der Waals surface area (Å²) < 4.78 is 0. The van der Waals surface area contributed by atoms with Gasteiger partial charge in [0, 0.05) is 18.7 Å². The van der Waals surface area contributed by atoms with Crippen LogP contribution in [-0.4, -0.2) is 23.9 Å². The highest BCUT2D eigenvalue weighted by atomic mass is 16.1. The predicted octanol–water partition coefficient (Wildman–Crippen LogP) is 5.00. The van der Waals surface area contributed by atoms with Gasteiger partial charge in [-0.1, -0.05) is 72.8 Å². The van der Waals surface area contributed by atoms with Gasteiger partial charge < -0.3 is 5.32 Å². The maximum atomic E-state index is 13.0. The SMILES string of the molecule is O=C(NCc1ccccc1CN1CCCC1)c1ccccc1CCc1ccccc1. The van der Waals surface area contributed by atoms with Crippen LogP contribution < -0.4 is 5.32 Å². The smallest absolute Gasteiger partial charge is 0.251 e. The second-order valence-electron chi connectivity index (χ2n) is 8.08. The van der Waals surface area contributed by atoms with E-state index in [1.165, 1.54) is 42.6 Å². The molecule has 3 aromatic carbocycles. The molecule has 0 bridgehead atoms. The summed E-state index contributed by atoms with van der Waals surface area (Å²) in [4.78, 5) is 15.5. The summed E-state index contributed by atoms with van der Waals surface area (Å²) >= 11 is 0. The predicted molar refractivity (Wildman–Crippen MR) is 122 cm³/mol. The number of hydrogen-bond donors (Lipinski definition) is 1. The van der Waals surface area contributed by atoms with Crippen molar-refractivity contribution in [3.63, 3.8) is 0 Å². The minimum atomic E-state index is 0.00892. The van der Waals surface area contributed by atoms with Crippen LogP contribution in [0.1, 0.15) is 45.5 Å². The number of rotatable bonds is 8. The molecule has 3 nitrogen and oxygen atoms in total. The van der Waals surface area contributed by atoms with Crippen molar-refractivity contribution in [3.05, 3.63) is 107 Å². The van der Waals surface area contributed by atoms with Gasteiger partial charge in [-0.05, 0) is 67.1 Å². The van der Waals surface area contributed by atoms with Crippen molar-refractivity contribution < 1.29 is 4.79 Å². The lowest BCUT2D eigenvalue weighted by Gasteiger charge is -2.18. The van der Waals surface area contributed by atoms with E-state index in [9.17, 15) is 4.79 Å². The summed E-state index contributed by atoms with van der Waals surface area (Å²) in [7, 11) is 0. The third-order valence-corrected chi connectivity index (χ3v) is 5.94. The highest BCUT2D eigenvalue weighted by Gasteiger charge is 2.15. The van der Waals surface area contributed by atoms with E-state index in [2.05, 4.69) is 64.8 Å². The molecule has 0 spiro atoms. The summed E-state index contributed by atoms with van der Waals surface area (Å²) in [5.41, 5.74) is 5.70. The molecule has 3 aromatic rings. The normalized spacial score (nSPS) is 14.0. The molecule has 0 unspecified atom stereocenters. The fourth-order valence-electron chi connectivity index (χ4n) is 4.22. The molecule has 1 N–H and O–H groups in total. The fraction of sp³-hybridized carbons (Fsp3) is 0.296. The van der Waals surface area contributed by atoms with Crippen molar-refractivity contribution in [2.75, 3.05) is 13.1 Å². The number of nitrogens with one attached hydrogen (secondary N) is 1. The Morgan fingerprint density at radius 1 is 0.733 bits per heavy atom. The van der Waals surface area contributed by atoms with Gasteiger partial charge in [0.2, 0.25) is 0 Å². The summed E-state index contributed by atoms with van der Waals surface area (Å²) in [6.07, 6.45) is 4.38. The van der Waals surface area contributed by atoms with Gasteiger partial charge in [0.05, 0.1) is 0 Å². The molecule has 1 aliphatic heterocycles. The molecule has 4 rings (SSSR count). The number of aryl methyl sites for hydroxylation is 2. The molecule has 0 saturated carbocycles. The van der Waals surface area contributed by atoms with E-state index in [-0.39, 0.29) is 5.91 Å². The van der Waals surface area contributed by atoms with E-state index in [0.29, 0.717) is 6.54 Å². The van der Waals surface area contributed by atoms with Gasteiger partial charge >= 0.3 is 0 Å². The van der Waals surface area contributed by atoms with Crippen LogP contribution in [0.15, 0.2) is 78.9 Å². The number of carbonyl (C=O) groups is 1. The van der Waals surface area contributed by atoms with Crippen LogP contribution in [-0.2, 0) is 25.9 Å². The van der Waals surface area contributed by atoms with Crippen molar-refractivity contribution in [3.8, 4) is 0 Å². The summed E-state index contributed by atoms with van der Waals surface area (Å²) in [6.45, 7) is 3.89. The van der Waals surface area contributed by atoms with Crippen LogP contribution in [0.3, 0.4) is 0 Å². The van der Waals surface area contributed by atoms with E-state index in [1.54, 1.807) is 0 Å². The molecular weight excluding hydrogens is 368 g/mol. The number of likely N-dealkylation sites (tertiary alicyclic amines) is 1. The molecule has 1 fully saturated rings. The Hall–Kier alpha value is -2.91. The molecule has 1 aliphatic rings. The lowest BCUT2D eigenvalue weighted by Crippen LogP contribution is -2.26. The Bertz CT molecular complexity index is 961. The van der Waals surface area contributed by atoms with Crippen LogP contribution in [0.2, 0.25) is 0 Å². The molecule has 30 heavy (non-hydrogen) atoms. The monoisotopic (exact) mass is 398 g/mol. The summed E-state index contributed by atoms with van der Waals surface area (Å²) in [5.74, 6) is 0.00892. The van der Waals surface area contributed by atoms with Crippen molar-refractivity contribution in [2.24, 2.45) is 0 Å². The summed E-state index contributed by atoms with van der Waals surface area (Å²) in [6, 6.07) is 26.9. The molecule has 0 aliphatic carbocycles.